The van der Waals surface area contributed by atoms with Crippen LogP contribution in [0.3, 0.4) is 0 Å². The van der Waals surface area contributed by atoms with Gasteiger partial charge in [-0.15, -0.1) is 11.8 Å². The van der Waals surface area contributed by atoms with Crippen LogP contribution in [0.4, 0.5) is 0 Å². The molecule has 4 heteroatoms. The Labute approximate surface area is 204 Å². The molecule has 1 unspecified atom stereocenters. The Morgan fingerprint density at radius 2 is 1.30 bits per heavy atom. The minimum absolute atomic E-state index is 0.104. The molecule has 1 aliphatic heterocycles. The van der Waals surface area contributed by atoms with E-state index in [0.717, 1.165) is 38.5 Å². The van der Waals surface area contributed by atoms with Gasteiger partial charge in [-0.25, -0.2) is 0 Å². The summed E-state index contributed by atoms with van der Waals surface area (Å²) in [6.07, 6.45) is 25.7. The van der Waals surface area contributed by atoms with Gasteiger partial charge in [-0.05, 0) is 32.1 Å². The van der Waals surface area contributed by atoms with Gasteiger partial charge in [-0.3, -0.25) is 9.59 Å². The van der Waals surface area contributed by atoms with E-state index in [1.54, 1.807) is 0 Å². The van der Waals surface area contributed by atoms with Gasteiger partial charge in [0.1, 0.15) is 0 Å². The molecule has 0 radical (unpaired) electrons. The number of hydrogen-bond donors (Lipinski definition) is 2. The van der Waals surface area contributed by atoms with Crippen molar-refractivity contribution in [3.05, 3.63) is 0 Å². The van der Waals surface area contributed by atoms with Crippen LogP contribution in [-0.2, 0) is 9.59 Å². The van der Waals surface area contributed by atoms with Crippen molar-refractivity contribution in [3.63, 3.8) is 0 Å². The molecule has 1 aliphatic rings. The Kier molecular flexibility index (Phi) is 20.0. The van der Waals surface area contributed by atoms with Crippen LogP contribution in [0.1, 0.15) is 148 Å². The van der Waals surface area contributed by atoms with Gasteiger partial charge in [0, 0.05) is 38.3 Å². The molecule has 1 saturated heterocycles. The molecule has 190 valence electrons. The number of hydrogen-bond acceptors (Lipinski definition) is 2. The van der Waals surface area contributed by atoms with Gasteiger partial charge < -0.3 is 10.6 Å². The highest BCUT2D eigenvalue weighted by molar-refractivity contribution is 5.77. The lowest BCUT2D eigenvalue weighted by molar-refractivity contribution is -0.123. The van der Waals surface area contributed by atoms with Crippen LogP contribution in [0.15, 0.2) is 0 Å². The summed E-state index contributed by atoms with van der Waals surface area (Å²) in [5.41, 5.74) is 0. The van der Waals surface area contributed by atoms with E-state index in [2.05, 4.69) is 29.4 Å². The molecule has 2 N–H and O–H groups in total. The molecule has 33 heavy (non-hydrogen) atoms. The minimum Gasteiger partial charge on any atom is -0.356 e. The summed E-state index contributed by atoms with van der Waals surface area (Å²) >= 11 is 0. The molecule has 4 nitrogen and oxygen atoms in total. The highest BCUT2D eigenvalue weighted by Crippen LogP contribution is 2.12. The third-order valence-electron chi connectivity index (χ3n) is 6.64. The molecule has 0 aromatic rings. The Balaban J connectivity index is 1.79. The van der Waals surface area contributed by atoms with Crippen molar-refractivity contribution in [2.24, 2.45) is 0 Å². The molecule has 1 fully saturated rings. The molecular weight excluding hydrogens is 408 g/mol. The first-order chi connectivity index (χ1) is 16.2. The van der Waals surface area contributed by atoms with Crippen molar-refractivity contribution in [1.82, 2.24) is 10.6 Å². The average Bonchev–Trinajstić information content (AvgIpc) is 3.01. The lowest BCUT2D eigenvalue weighted by Gasteiger charge is -2.15. The van der Waals surface area contributed by atoms with Crippen LogP contribution in [0.25, 0.3) is 0 Å². The van der Waals surface area contributed by atoms with E-state index < -0.39 is 0 Å². The summed E-state index contributed by atoms with van der Waals surface area (Å²) in [5, 5.41) is 5.95. The van der Waals surface area contributed by atoms with Crippen molar-refractivity contribution >= 4 is 11.8 Å². The van der Waals surface area contributed by atoms with E-state index in [1.807, 2.05) is 0 Å². The Morgan fingerprint density at radius 3 is 1.88 bits per heavy atom. The van der Waals surface area contributed by atoms with Gasteiger partial charge >= 0.3 is 0 Å². The number of nitrogens with one attached hydrogen (secondary N) is 2. The number of unbranched alkanes of at least 4 members (excludes halogenated alkanes) is 16. The Hall–Kier alpha value is -1.50. The van der Waals surface area contributed by atoms with Crippen LogP contribution >= 0.6 is 0 Å². The topological polar surface area (TPSA) is 58.2 Å². The van der Waals surface area contributed by atoms with Crippen molar-refractivity contribution in [1.29, 1.82) is 0 Å². The van der Waals surface area contributed by atoms with Crippen LogP contribution in [-0.4, -0.2) is 24.4 Å². The monoisotopic (exact) mass is 460 g/mol. The summed E-state index contributed by atoms with van der Waals surface area (Å²) in [6, 6.07) is 0.155. The highest BCUT2D eigenvalue weighted by Gasteiger charge is 2.17. The molecule has 0 aliphatic carbocycles. The number of rotatable bonds is 19. The van der Waals surface area contributed by atoms with E-state index in [9.17, 15) is 9.59 Å². The summed E-state index contributed by atoms with van der Waals surface area (Å²) < 4.78 is 0. The second-order valence-electron chi connectivity index (χ2n) is 9.85. The zero-order chi connectivity index (χ0) is 23.8. The molecule has 2 amide bonds. The first-order valence-corrected chi connectivity index (χ1v) is 14.2. The maximum absolute atomic E-state index is 12.1. The van der Waals surface area contributed by atoms with Crippen LogP contribution < -0.4 is 10.6 Å². The average molecular weight is 461 g/mol. The van der Waals surface area contributed by atoms with Crippen molar-refractivity contribution in [2.75, 3.05) is 6.54 Å². The lowest BCUT2D eigenvalue weighted by atomic mass is 10.1. The highest BCUT2D eigenvalue weighted by atomic mass is 16.2. The maximum Gasteiger partial charge on any atom is 0.220 e. The largest absolute Gasteiger partial charge is 0.356 e. The van der Waals surface area contributed by atoms with E-state index in [1.165, 1.54) is 89.9 Å². The second-order valence-corrected chi connectivity index (χ2v) is 9.85. The van der Waals surface area contributed by atoms with Gasteiger partial charge in [-0.1, -0.05) is 90.4 Å². The molecule has 0 saturated carbocycles. The fourth-order valence-corrected chi connectivity index (χ4v) is 4.45. The van der Waals surface area contributed by atoms with Gasteiger partial charge in [0.05, 0.1) is 0 Å². The normalized spacial score (nSPS) is 15.9. The van der Waals surface area contributed by atoms with E-state index in [-0.39, 0.29) is 17.9 Å². The second kappa shape index (κ2) is 22.3. The van der Waals surface area contributed by atoms with Crippen LogP contribution in [0, 0.1) is 11.8 Å². The molecule has 0 spiro atoms. The summed E-state index contributed by atoms with van der Waals surface area (Å²) in [4.78, 5) is 23.4. The SMILES string of the molecule is CCCCCCCCCCCCC#CCCCCCCCCC(=O)NC1CCNC(=O)CC1. The molecule has 0 aromatic heterocycles. The lowest BCUT2D eigenvalue weighted by Crippen LogP contribution is -2.35. The molecule has 1 rings (SSSR count). The van der Waals surface area contributed by atoms with E-state index >= 15 is 0 Å². The molecular formula is C29H52N2O2. The number of carbonyl (C=O) groups is 2. The first-order valence-electron chi connectivity index (χ1n) is 14.2. The third-order valence-corrected chi connectivity index (χ3v) is 6.64. The standard InChI is InChI=1S/C29H52N2O2/c1-2-3-4-5-6-7-8-9-10-11-12-13-14-15-16-17-18-19-20-21-22-29(33)31-27-23-24-28(32)30-26-25-27/h27H,2-12,15-26H2,1H3,(H,30,32)(H,31,33). The van der Waals surface area contributed by atoms with Gasteiger partial charge in [0.25, 0.3) is 0 Å². The predicted molar refractivity (Wildman–Crippen MR) is 140 cm³/mol. The van der Waals surface area contributed by atoms with Crippen LogP contribution in [0.5, 0.6) is 0 Å². The van der Waals surface area contributed by atoms with Crippen molar-refractivity contribution in [3.8, 4) is 11.8 Å². The number of carbonyl (C=O) groups excluding carboxylic acids is 2. The fraction of sp³-hybridized carbons (Fsp3) is 0.862. The Bertz CT molecular complexity index is 550. The van der Waals surface area contributed by atoms with Gasteiger partial charge in [0.15, 0.2) is 0 Å². The summed E-state index contributed by atoms with van der Waals surface area (Å²) in [7, 11) is 0. The molecule has 1 heterocycles. The summed E-state index contributed by atoms with van der Waals surface area (Å²) in [5.74, 6) is 6.96. The molecule has 0 bridgehead atoms. The quantitative estimate of drug-likeness (QED) is 0.158. The van der Waals surface area contributed by atoms with Crippen molar-refractivity contribution < 1.29 is 9.59 Å². The minimum atomic E-state index is 0.104. The fourth-order valence-electron chi connectivity index (χ4n) is 4.45. The van der Waals surface area contributed by atoms with E-state index in [4.69, 9.17) is 0 Å². The van der Waals surface area contributed by atoms with Crippen molar-refractivity contribution in [2.45, 2.75) is 154 Å². The zero-order valence-electron chi connectivity index (χ0n) is 21.7. The molecule has 0 aromatic carbocycles. The smallest absolute Gasteiger partial charge is 0.220 e. The maximum atomic E-state index is 12.1. The van der Waals surface area contributed by atoms with Gasteiger partial charge in [0.2, 0.25) is 11.8 Å². The van der Waals surface area contributed by atoms with Gasteiger partial charge in [-0.2, -0.15) is 0 Å². The van der Waals surface area contributed by atoms with E-state index in [0.29, 0.717) is 19.4 Å². The first kappa shape index (κ1) is 29.5. The van der Waals surface area contributed by atoms with Crippen LogP contribution in [0.2, 0.25) is 0 Å². The number of amides is 2. The molecule has 1 atom stereocenters. The Morgan fingerprint density at radius 1 is 0.788 bits per heavy atom. The predicted octanol–water partition coefficient (Wildman–Crippen LogP) is 7.21. The summed E-state index contributed by atoms with van der Waals surface area (Å²) in [6.45, 7) is 2.95. The third kappa shape index (κ3) is 19.7. The zero-order valence-corrected chi connectivity index (χ0v) is 21.7.